The lowest BCUT2D eigenvalue weighted by atomic mass is 10.2. The molecule has 1 aromatic rings. The molecule has 0 aliphatic carbocycles. The van der Waals surface area contributed by atoms with E-state index in [-0.39, 0.29) is 17.6 Å². The Morgan fingerprint density at radius 1 is 1.62 bits per heavy atom. The summed E-state index contributed by atoms with van der Waals surface area (Å²) in [6, 6.07) is 4.35. The number of rotatable bonds is 2. The molecule has 1 fully saturated rings. The van der Waals surface area contributed by atoms with E-state index in [2.05, 4.69) is 26.6 Å². The van der Waals surface area contributed by atoms with Crippen molar-refractivity contribution in [2.45, 2.75) is 6.04 Å². The van der Waals surface area contributed by atoms with Crippen LogP contribution in [0.1, 0.15) is 0 Å². The van der Waals surface area contributed by atoms with E-state index in [1.807, 2.05) is 0 Å². The van der Waals surface area contributed by atoms with Gasteiger partial charge in [-0.05, 0) is 28.1 Å². The first-order valence-corrected chi connectivity index (χ1v) is 6.69. The zero-order valence-electron chi connectivity index (χ0n) is 8.30. The SMILES string of the molecule is O=C(Nc1c(F)cccc1Br)C1CSCN1. The molecule has 1 unspecified atom stereocenters. The summed E-state index contributed by atoms with van der Waals surface area (Å²) < 4.78 is 14.0. The highest BCUT2D eigenvalue weighted by atomic mass is 79.9. The summed E-state index contributed by atoms with van der Waals surface area (Å²) in [5.74, 6) is 0.846. The summed E-state index contributed by atoms with van der Waals surface area (Å²) in [5.41, 5.74) is 0.200. The van der Waals surface area contributed by atoms with Gasteiger partial charge in [0.05, 0.1) is 11.7 Å². The van der Waals surface area contributed by atoms with Crippen LogP contribution in [0.2, 0.25) is 0 Å². The van der Waals surface area contributed by atoms with E-state index in [0.717, 1.165) is 11.6 Å². The van der Waals surface area contributed by atoms with Gasteiger partial charge in [-0.1, -0.05) is 6.07 Å². The molecule has 16 heavy (non-hydrogen) atoms. The predicted molar refractivity (Wildman–Crippen MR) is 67.0 cm³/mol. The van der Waals surface area contributed by atoms with Crippen molar-refractivity contribution in [3.63, 3.8) is 0 Å². The highest BCUT2D eigenvalue weighted by Crippen LogP contribution is 2.25. The van der Waals surface area contributed by atoms with Crippen molar-refractivity contribution in [2.75, 3.05) is 16.9 Å². The van der Waals surface area contributed by atoms with Gasteiger partial charge in [-0.2, -0.15) is 0 Å². The van der Waals surface area contributed by atoms with Gasteiger partial charge in [-0.25, -0.2) is 4.39 Å². The predicted octanol–water partition coefficient (Wildman–Crippen LogP) is 2.19. The van der Waals surface area contributed by atoms with Crippen molar-refractivity contribution >= 4 is 39.3 Å². The average molecular weight is 305 g/mol. The van der Waals surface area contributed by atoms with Gasteiger partial charge in [0.25, 0.3) is 0 Å². The number of halogens is 2. The molecule has 1 aliphatic rings. The number of amides is 1. The number of thioether (sulfide) groups is 1. The average Bonchev–Trinajstić information content (AvgIpc) is 2.76. The highest BCUT2D eigenvalue weighted by Gasteiger charge is 2.23. The third-order valence-electron chi connectivity index (χ3n) is 2.24. The van der Waals surface area contributed by atoms with Gasteiger partial charge in [-0.3, -0.25) is 10.1 Å². The van der Waals surface area contributed by atoms with Gasteiger partial charge >= 0.3 is 0 Å². The lowest BCUT2D eigenvalue weighted by Crippen LogP contribution is -2.37. The number of hydrogen-bond acceptors (Lipinski definition) is 3. The molecule has 0 radical (unpaired) electrons. The second-order valence-corrected chi connectivity index (χ2v) is 5.24. The normalized spacial score (nSPS) is 19.8. The minimum absolute atomic E-state index is 0.198. The number of carbonyl (C=O) groups excluding carboxylic acids is 1. The Morgan fingerprint density at radius 3 is 3.06 bits per heavy atom. The van der Waals surface area contributed by atoms with E-state index in [4.69, 9.17) is 0 Å². The first-order chi connectivity index (χ1) is 7.68. The first kappa shape index (κ1) is 11.9. The van der Waals surface area contributed by atoms with Crippen LogP contribution in [0.5, 0.6) is 0 Å². The number of carbonyl (C=O) groups is 1. The molecule has 0 spiro atoms. The molecule has 6 heteroatoms. The van der Waals surface area contributed by atoms with Crippen LogP contribution < -0.4 is 10.6 Å². The molecule has 1 atom stereocenters. The minimum Gasteiger partial charge on any atom is -0.321 e. The Bertz CT molecular complexity index is 390. The smallest absolute Gasteiger partial charge is 0.242 e. The Balaban J connectivity index is 2.11. The zero-order chi connectivity index (χ0) is 11.5. The van der Waals surface area contributed by atoms with Gasteiger partial charge in [0.2, 0.25) is 5.91 Å². The monoisotopic (exact) mass is 304 g/mol. The van der Waals surface area contributed by atoms with Crippen molar-refractivity contribution in [1.82, 2.24) is 5.32 Å². The van der Waals surface area contributed by atoms with E-state index >= 15 is 0 Å². The lowest BCUT2D eigenvalue weighted by Gasteiger charge is -2.12. The molecule has 1 aliphatic heterocycles. The Labute approximate surface area is 105 Å². The van der Waals surface area contributed by atoms with E-state index in [1.54, 1.807) is 23.9 Å². The minimum atomic E-state index is -0.437. The lowest BCUT2D eigenvalue weighted by molar-refractivity contribution is -0.117. The Hall–Kier alpha value is -0.590. The molecule has 3 nitrogen and oxygen atoms in total. The van der Waals surface area contributed by atoms with Gasteiger partial charge in [0, 0.05) is 16.1 Å². The van der Waals surface area contributed by atoms with Crippen LogP contribution in [-0.4, -0.2) is 23.6 Å². The van der Waals surface area contributed by atoms with Gasteiger partial charge in [0.15, 0.2) is 0 Å². The molecule has 1 heterocycles. The molecule has 86 valence electrons. The topological polar surface area (TPSA) is 41.1 Å². The molecule has 1 saturated heterocycles. The van der Waals surface area contributed by atoms with Crippen LogP contribution >= 0.6 is 27.7 Å². The summed E-state index contributed by atoms with van der Waals surface area (Å²) in [6.45, 7) is 0. The van der Waals surface area contributed by atoms with Gasteiger partial charge in [0.1, 0.15) is 5.82 Å². The molecule has 1 aromatic carbocycles. The highest BCUT2D eigenvalue weighted by molar-refractivity contribution is 9.10. The Morgan fingerprint density at radius 2 is 2.44 bits per heavy atom. The van der Waals surface area contributed by atoms with Crippen LogP contribution in [0.3, 0.4) is 0 Å². The van der Waals surface area contributed by atoms with Crippen molar-refractivity contribution in [3.05, 3.63) is 28.5 Å². The summed E-state index contributed by atoms with van der Waals surface area (Å²) in [6.07, 6.45) is 0. The van der Waals surface area contributed by atoms with Crippen LogP contribution in [-0.2, 0) is 4.79 Å². The standard InChI is InChI=1S/C10H10BrFN2OS/c11-6-2-1-3-7(12)9(6)14-10(15)8-4-16-5-13-8/h1-3,8,13H,4-5H2,(H,14,15). The molecule has 0 bridgehead atoms. The van der Waals surface area contributed by atoms with Crippen LogP contribution in [0, 0.1) is 5.82 Å². The maximum absolute atomic E-state index is 13.4. The summed E-state index contributed by atoms with van der Waals surface area (Å²) in [5, 5.41) is 5.61. The van der Waals surface area contributed by atoms with E-state index in [0.29, 0.717) is 4.47 Å². The zero-order valence-corrected chi connectivity index (χ0v) is 10.7. The second kappa shape index (κ2) is 5.16. The summed E-state index contributed by atoms with van der Waals surface area (Å²) in [4.78, 5) is 11.7. The number of hydrogen-bond donors (Lipinski definition) is 2. The first-order valence-electron chi connectivity index (χ1n) is 4.74. The molecular weight excluding hydrogens is 295 g/mol. The van der Waals surface area contributed by atoms with Gasteiger partial charge < -0.3 is 5.32 Å². The van der Waals surface area contributed by atoms with Crippen LogP contribution in [0.15, 0.2) is 22.7 Å². The molecule has 0 saturated carbocycles. The fraction of sp³-hybridized carbons (Fsp3) is 0.300. The number of nitrogens with one attached hydrogen (secondary N) is 2. The van der Waals surface area contributed by atoms with E-state index in [9.17, 15) is 9.18 Å². The Kier molecular flexibility index (Phi) is 3.83. The van der Waals surface area contributed by atoms with E-state index in [1.165, 1.54) is 6.07 Å². The summed E-state index contributed by atoms with van der Waals surface area (Å²) >= 11 is 4.86. The number of benzene rings is 1. The molecule has 0 aromatic heterocycles. The second-order valence-electron chi connectivity index (χ2n) is 3.36. The van der Waals surface area contributed by atoms with Crippen molar-refractivity contribution in [1.29, 1.82) is 0 Å². The number of anilines is 1. The maximum Gasteiger partial charge on any atom is 0.242 e. The van der Waals surface area contributed by atoms with Crippen LogP contribution in [0.25, 0.3) is 0 Å². The fourth-order valence-corrected chi connectivity index (χ4v) is 2.77. The molecule has 1 amide bonds. The third kappa shape index (κ3) is 2.56. The molecular formula is C10H10BrFN2OS. The summed E-state index contributed by atoms with van der Waals surface area (Å²) in [7, 11) is 0. The maximum atomic E-state index is 13.4. The molecule has 2 N–H and O–H groups in total. The number of para-hydroxylation sites is 1. The van der Waals surface area contributed by atoms with Crippen molar-refractivity contribution in [2.24, 2.45) is 0 Å². The van der Waals surface area contributed by atoms with Crippen LogP contribution in [0.4, 0.5) is 10.1 Å². The fourth-order valence-electron chi connectivity index (χ4n) is 1.39. The molecule has 2 rings (SSSR count). The quantitative estimate of drug-likeness (QED) is 0.880. The van der Waals surface area contributed by atoms with Gasteiger partial charge in [-0.15, -0.1) is 11.8 Å². The largest absolute Gasteiger partial charge is 0.321 e. The van der Waals surface area contributed by atoms with Crippen molar-refractivity contribution < 1.29 is 9.18 Å². The van der Waals surface area contributed by atoms with Crippen molar-refractivity contribution in [3.8, 4) is 0 Å². The van der Waals surface area contributed by atoms with E-state index < -0.39 is 5.82 Å². The third-order valence-corrected chi connectivity index (χ3v) is 3.84.